The molecule has 1 aliphatic carbocycles. The quantitative estimate of drug-likeness (QED) is 0.0935. The van der Waals surface area contributed by atoms with E-state index in [0.717, 1.165) is 22.3 Å². The predicted molar refractivity (Wildman–Crippen MR) is 164 cm³/mol. The minimum absolute atomic E-state index is 0.0641. The SMILES string of the molecule is CCC1=C2[C@@H](CC/C(=C/c3ccc(O)c(F)c3)c3ccccc3)OB(O)C[C@@H]2[C@@H]2C(=O)N(CCCCCC(=O)O)C(=O)[C@@H]2C1. The number of allylic oxidation sites excluding steroid dienone is 2. The highest BCUT2D eigenvalue weighted by Crippen LogP contribution is 2.51. The highest BCUT2D eigenvalue weighted by atomic mass is 19.1. The van der Waals surface area contributed by atoms with Crippen LogP contribution in [-0.2, 0) is 19.0 Å². The van der Waals surface area contributed by atoms with Gasteiger partial charge in [0.2, 0.25) is 11.8 Å². The van der Waals surface area contributed by atoms with E-state index in [9.17, 15) is 28.9 Å². The number of amides is 2. The Morgan fingerprint density at radius 2 is 1.84 bits per heavy atom. The molecule has 2 fully saturated rings. The molecule has 2 heterocycles. The van der Waals surface area contributed by atoms with Crippen molar-refractivity contribution in [1.82, 2.24) is 4.90 Å². The number of phenols is 1. The van der Waals surface area contributed by atoms with E-state index in [1.165, 1.54) is 17.0 Å². The number of benzene rings is 2. The summed E-state index contributed by atoms with van der Waals surface area (Å²) in [6, 6.07) is 14.0. The number of imide groups is 1. The minimum Gasteiger partial charge on any atom is -0.505 e. The third-order valence-electron chi connectivity index (χ3n) is 9.23. The number of carboxylic acid groups (broad SMARTS) is 1. The number of likely N-dealkylation sites (tertiary alicyclic amines) is 1. The summed E-state index contributed by atoms with van der Waals surface area (Å²) in [6.45, 7) is 2.32. The summed E-state index contributed by atoms with van der Waals surface area (Å²) in [5.74, 6) is -3.65. The van der Waals surface area contributed by atoms with Gasteiger partial charge in [0.25, 0.3) is 0 Å². The Kier molecular flexibility index (Phi) is 10.0. The Morgan fingerprint density at radius 3 is 2.55 bits per heavy atom. The van der Waals surface area contributed by atoms with Crippen LogP contribution in [0.3, 0.4) is 0 Å². The second-order valence-electron chi connectivity index (χ2n) is 12.0. The zero-order valence-corrected chi connectivity index (χ0v) is 25.0. The molecule has 2 aromatic rings. The standard InChI is InChI=1S/C34H39BFNO7/c1-2-22-19-25-32(34(42)37(33(25)41)16-8-4-7-11-30(39)40)26-20-35(43)44-29(31(22)26)15-13-24(23-9-5-3-6-10-23)17-21-12-14-28(38)27(36)18-21/h3,5-6,9-10,12,14,17-18,25-26,29,32,38,43H,2,4,7-8,11,13,15-16,19-20H2,1H3,(H,39,40)/b24-17-/t25-,26+,29-,32-/m1/s1. The molecule has 2 amide bonds. The normalized spacial score (nSPS) is 23.7. The molecule has 0 aromatic heterocycles. The molecule has 44 heavy (non-hydrogen) atoms. The fourth-order valence-electron chi connectivity index (χ4n) is 7.16. The lowest BCUT2D eigenvalue weighted by atomic mass is 9.58. The lowest BCUT2D eigenvalue weighted by molar-refractivity contribution is -0.141. The maximum atomic E-state index is 14.1. The van der Waals surface area contributed by atoms with Gasteiger partial charge in [-0.3, -0.25) is 19.3 Å². The number of hydrogen-bond donors (Lipinski definition) is 3. The monoisotopic (exact) mass is 603 g/mol. The largest absolute Gasteiger partial charge is 0.505 e. The van der Waals surface area contributed by atoms with Gasteiger partial charge in [-0.1, -0.05) is 61.4 Å². The number of nitrogens with zero attached hydrogens (tertiary/aromatic N) is 1. The van der Waals surface area contributed by atoms with Crippen molar-refractivity contribution in [3.63, 3.8) is 0 Å². The van der Waals surface area contributed by atoms with Crippen LogP contribution < -0.4 is 0 Å². The highest BCUT2D eigenvalue weighted by Gasteiger charge is 2.56. The fourth-order valence-corrected chi connectivity index (χ4v) is 7.16. The number of aromatic hydroxyl groups is 1. The van der Waals surface area contributed by atoms with Crippen LogP contribution in [0.15, 0.2) is 59.7 Å². The lowest BCUT2D eigenvalue weighted by Gasteiger charge is -2.43. The summed E-state index contributed by atoms with van der Waals surface area (Å²) < 4.78 is 20.3. The van der Waals surface area contributed by atoms with Crippen LogP contribution in [0, 0.1) is 23.6 Å². The first-order valence-corrected chi connectivity index (χ1v) is 15.5. The average Bonchev–Trinajstić information content (AvgIpc) is 3.24. The van der Waals surface area contributed by atoms with Crippen molar-refractivity contribution in [1.29, 1.82) is 0 Å². The van der Waals surface area contributed by atoms with Crippen molar-refractivity contribution in [3.05, 3.63) is 76.6 Å². The van der Waals surface area contributed by atoms with Crippen LogP contribution in [0.5, 0.6) is 5.75 Å². The van der Waals surface area contributed by atoms with Gasteiger partial charge in [-0.05, 0) is 85.2 Å². The second kappa shape index (κ2) is 13.9. The number of carbonyl (C=O) groups excluding carboxylic acids is 2. The molecule has 0 spiro atoms. The number of carbonyl (C=O) groups is 3. The van der Waals surface area contributed by atoms with Gasteiger partial charge in [-0.15, -0.1) is 0 Å². The van der Waals surface area contributed by atoms with Gasteiger partial charge in [-0.25, -0.2) is 4.39 Å². The summed E-state index contributed by atoms with van der Waals surface area (Å²) in [6.07, 6.45) is 5.67. The van der Waals surface area contributed by atoms with Crippen molar-refractivity contribution in [3.8, 4) is 5.75 Å². The van der Waals surface area contributed by atoms with Crippen molar-refractivity contribution in [2.24, 2.45) is 17.8 Å². The molecule has 0 bridgehead atoms. The van der Waals surface area contributed by atoms with Crippen molar-refractivity contribution in [2.75, 3.05) is 6.54 Å². The fraction of sp³-hybridized carbons (Fsp3) is 0.441. The van der Waals surface area contributed by atoms with E-state index in [1.807, 2.05) is 43.3 Å². The summed E-state index contributed by atoms with van der Waals surface area (Å²) in [4.78, 5) is 39.3. The zero-order valence-electron chi connectivity index (χ0n) is 25.0. The molecule has 232 valence electrons. The lowest BCUT2D eigenvalue weighted by Crippen LogP contribution is -2.46. The first-order valence-electron chi connectivity index (χ1n) is 15.5. The van der Waals surface area contributed by atoms with Crippen LogP contribution in [0.4, 0.5) is 4.39 Å². The molecular formula is C34H39BFNO7. The third kappa shape index (κ3) is 6.81. The first-order chi connectivity index (χ1) is 21.2. The van der Waals surface area contributed by atoms with E-state index in [-0.39, 0.29) is 37.0 Å². The first kappa shape index (κ1) is 31.7. The molecule has 5 rings (SSSR count). The molecule has 2 aliphatic heterocycles. The van der Waals surface area contributed by atoms with Gasteiger partial charge >= 0.3 is 13.1 Å². The van der Waals surface area contributed by atoms with E-state index in [0.29, 0.717) is 50.5 Å². The molecular weight excluding hydrogens is 564 g/mol. The molecule has 0 radical (unpaired) electrons. The topological polar surface area (TPSA) is 124 Å². The number of unbranched alkanes of at least 4 members (excludes halogenated alkanes) is 2. The van der Waals surface area contributed by atoms with E-state index in [4.69, 9.17) is 9.76 Å². The van der Waals surface area contributed by atoms with E-state index >= 15 is 0 Å². The van der Waals surface area contributed by atoms with Crippen LogP contribution in [0.1, 0.15) is 69.4 Å². The van der Waals surface area contributed by atoms with Gasteiger partial charge in [0.15, 0.2) is 11.6 Å². The maximum Gasteiger partial charge on any atom is 0.455 e. The van der Waals surface area contributed by atoms with Gasteiger partial charge in [0, 0.05) is 13.0 Å². The Hall–Kier alpha value is -3.76. The van der Waals surface area contributed by atoms with Gasteiger partial charge < -0.3 is 19.9 Å². The molecule has 10 heteroatoms. The number of carboxylic acids is 1. The number of rotatable bonds is 12. The van der Waals surface area contributed by atoms with E-state index in [2.05, 4.69) is 0 Å². The highest BCUT2D eigenvalue weighted by molar-refractivity contribution is 6.43. The minimum atomic E-state index is -1.08. The predicted octanol–water partition coefficient (Wildman–Crippen LogP) is 5.70. The summed E-state index contributed by atoms with van der Waals surface area (Å²) in [5, 5.41) is 29.4. The van der Waals surface area contributed by atoms with Crippen molar-refractivity contribution >= 4 is 36.6 Å². The van der Waals surface area contributed by atoms with Crippen LogP contribution >= 0.6 is 0 Å². The number of hydrogen-bond acceptors (Lipinski definition) is 6. The van der Waals surface area contributed by atoms with Gasteiger partial charge in [-0.2, -0.15) is 0 Å². The molecule has 3 N–H and O–H groups in total. The molecule has 8 nitrogen and oxygen atoms in total. The van der Waals surface area contributed by atoms with E-state index in [1.54, 1.807) is 6.07 Å². The molecule has 4 atom stereocenters. The second-order valence-corrected chi connectivity index (χ2v) is 12.0. The molecule has 3 aliphatic rings. The smallest absolute Gasteiger partial charge is 0.455 e. The van der Waals surface area contributed by atoms with Crippen molar-refractivity contribution < 1.29 is 38.7 Å². The van der Waals surface area contributed by atoms with Crippen molar-refractivity contribution in [2.45, 2.75) is 70.7 Å². The number of aliphatic carboxylic acids is 1. The number of fused-ring (bicyclic) bond motifs is 3. The Labute approximate surface area is 257 Å². The summed E-state index contributed by atoms with van der Waals surface area (Å²) >= 11 is 0. The Balaban J connectivity index is 1.37. The van der Waals surface area contributed by atoms with Gasteiger partial charge in [0.05, 0.1) is 17.9 Å². The Morgan fingerprint density at radius 1 is 1.07 bits per heavy atom. The van der Waals surface area contributed by atoms with E-state index < -0.39 is 42.6 Å². The summed E-state index contributed by atoms with van der Waals surface area (Å²) in [5.41, 5.74) is 4.62. The number of phenolic OH excluding ortho intramolecular Hbond substituents is 1. The maximum absolute atomic E-state index is 14.1. The average molecular weight is 603 g/mol. The summed E-state index contributed by atoms with van der Waals surface area (Å²) in [7, 11) is -1.08. The number of halogens is 1. The Bertz CT molecular complexity index is 1460. The van der Waals surface area contributed by atoms with Gasteiger partial charge in [0.1, 0.15) is 0 Å². The van der Waals surface area contributed by atoms with Crippen LogP contribution in [0.25, 0.3) is 11.6 Å². The van der Waals surface area contributed by atoms with Crippen LogP contribution in [-0.4, -0.2) is 57.7 Å². The molecule has 2 saturated heterocycles. The molecule has 0 saturated carbocycles. The zero-order chi connectivity index (χ0) is 31.4. The molecule has 2 aromatic carbocycles. The van der Waals surface area contributed by atoms with Crippen LogP contribution in [0.2, 0.25) is 6.32 Å². The third-order valence-corrected chi connectivity index (χ3v) is 9.23. The molecule has 0 unspecified atom stereocenters.